The molecule has 30 heavy (non-hydrogen) atoms. The molecule has 0 spiro atoms. The van der Waals surface area contributed by atoms with Crippen LogP contribution in [0.15, 0.2) is 30.3 Å². The summed E-state index contributed by atoms with van der Waals surface area (Å²) < 4.78 is 30.9. The van der Waals surface area contributed by atoms with Gasteiger partial charge < -0.3 is 28.5 Å². The molecule has 0 aromatic heterocycles. The van der Waals surface area contributed by atoms with Crippen LogP contribution in [0, 0.1) is 0 Å². The van der Waals surface area contributed by atoms with Crippen molar-refractivity contribution in [1.29, 1.82) is 0 Å². The lowest BCUT2D eigenvalue weighted by molar-refractivity contribution is -0.249. The van der Waals surface area contributed by atoms with Gasteiger partial charge in [-0.05, 0) is 30.1 Å². The molecule has 1 N–H and O–H groups in total. The summed E-state index contributed by atoms with van der Waals surface area (Å²) in [4.78, 5) is 0. The van der Waals surface area contributed by atoms with Crippen molar-refractivity contribution in [2.75, 3.05) is 27.4 Å². The summed E-state index contributed by atoms with van der Waals surface area (Å²) in [5, 5.41) is 9.61. The highest BCUT2D eigenvalue weighted by Gasteiger charge is 2.51. The zero-order valence-electron chi connectivity index (χ0n) is 19.6. The molecule has 5 atom stereocenters. The fourth-order valence-electron chi connectivity index (χ4n) is 3.55. The third-order valence-corrected chi connectivity index (χ3v) is 10.7. The van der Waals surface area contributed by atoms with Crippen LogP contribution in [0.4, 0.5) is 0 Å². The van der Waals surface area contributed by atoms with Crippen molar-refractivity contribution in [3.8, 4) is 0 Å². The minimum atomic E-state index is -2.12. The standard InChI is InChI=1S/C23H40O6Si/c1-23(2,3)30(6,7)29-21-19(16-25-4)28-18(13-14-24)20(26-5)22(21)27-15-17-11-9-8-10-12-17/h8-12,18-22,24H,13-16H2,1-7H3/t18-,19+,20-,21+,22+/m0/s1. The van der Waals surface area contributed by atoms with E-state index >= 15 is 0 Å². The molecule has 0 unspecified atom stereocenters. The lowest BCUT2D eigenvalue weighted by Gasteiger charge is -2.50. The first-order valence-electron chi connectivity index (χ1n) is 10.8. The molecule has 1 saturated heterocycles. The van der Waals surface area contributed by atoms with E-state index in [0.717, 1.165) is 5.56 Å². The van der Waals surface area contributed by atoms with Gasteiger partial charge >= 0.3 is 0 Å². The Morgan fingerprint density at radius 2 is 1.67 bits per heavy atom. The van der Waals surface area contributed by atoms with Crippen LogP contribution in [0.5, 0.6) is 0 Å². The van der Waals surface area contributed by atoms with Gasteiger partial charge in [0.05, 0.1) is 19.3 Å². The van der Waals surface area contributed by atoms with Crippen molar-refractivity contribution < 1.29 is 28.5 Å². The van der Waals surface area contributed by atoms with Gasteiger partial charge in [-0.1, -0.05) is 51.1 Å². The lowest BCUT2D eigenvalue weighted by atomic mass is 9.93. The molecule has 1 heterocycles. The minimum Gasteiger partial charge on any atom is -0.408 e. The van der Waals surface area contributed by atoms with E-state index in [-0.39, 0.29) is 42.2 Å². The summed E-state index contributed by atoms with van der Waals surface area (Å²) in [6.45, 7) is 12.0. The van der Waals surface area contributed by atoms with Crippen molar-refractivity contribution in [3.63, 3.8) is 0 Å². The zero-order chi connectivity index (χ0) is 22.4. The van der Waals surface area contributed by atoms with E-state index in [1.54, 1.807) is 14.2 Å². The number of benzene rings is 1. The molecule has 0 saturated carbocycles. The van der Waals surface area contributed by atoms with Gasteiger partial charge in [0, 0.05) is 20.8 Å². The highest BCUT2D eigenvalue weighted by molar-refractivity contribution is 6.74. The molecule has 6 nitrogen and oxygen atoms in total. The molecule has 0 radical (unpaired) electrons. The van der Waals surface area contributed by atoms with Crippen molar-refractivity contribution in [3.05, 3.63) is 35.9 Å². The van der Waals surface area contributed by atoms with Gasteiger partial charge in [0.25, 0.3) is 0 Å². The zero-order valence-corrected chi connectivity index (χ0v) is 20.6. The van der Waals surface area contributed by atoms with Gasteiger partial charge in [-0.25, -0.2) is 0 Å². The Hall–Kier alpha value is -0.803. The maximum atomic E-state index is 9.57. The van der Waals surface area contributed by atoms with E-state index in [9.17, 15) is 5.11 Å². The highest BCUT2D eigenvalue weighted by atomic mass is 28.4. The molecular weight excluding hydrogens is 400 g/mol. The first-order valence-corrected chi connectivity index (χ1v) is 13.7. The van der Waals surface area contributed by atoms with Crippen molar-refractivity contribution in [2.24, 2.45) is 0 Å². The van der Waals surface area contributed by atoms with Crippen molar-refractivity contribution >= 4 is 8.32 Å². The summed E-state index contributed by atoms with van der Waals surface area (Å²) in [6, 6.07) is 10.1. The summed E-state index contributed by atoms with van der Waals surface area (Å²) in [6.07, 6.45) is -1.13. The van der Waals surface area contributed by atoms with Gasteiger partial charge in [-0.2, -0.15) is 0 Å². The Kier molecular flexibility index (Phi) is 9.48. The van der Waals surface area contributed by atoms with Gasteiger partial charge in [0.1, 0.15) is 24.4 Å². The quantitative estimate of drug-likeness (QED) is 0.559. The molecule has 1 aromatic rings. The normalized spacial score (nSPS) is 27.9. The summed E-state index contributed by atoms with van der Waals surface area (Å²) in [7, 11) is 1.21. The molecule has 172 valence electrons. The predicted molar refractivity (Wildman–Crippen MR) is 120 cm³/mol. The van der Waals surface area contributed by atoms with Crippen LogP contribution in [0.1, 0.15) is 32.8 Å². The molecule has 1 aliphatic rings. The molecule has 0 amide bonds. The fourth-order valence-corrected chi connectivity index (χ4v) is 4.87. The second-order valence-electron chi connectivity index (χ2n) is 9.48. The van der Waals surface area contributed by atoms with Crippen LogP contribution in [0.2, 0.25) is 18.1 Å². The number of rotatable bonds is 10. The topological polar surface area (TPSA) is 66.4 Å². The van der Waals surface area contributed by atoms with Crippen molar-refractivity contribution in [1.82, 2.24) is 0 Å². The summed E-state index contributed by atoms with van der Waals surface area (Å²) >= 11 is 0. The van der Waals surface area contributed by atoms with E-state index in [1.165, 1.54) is 0 Å². The average molecular weight is 441 g/mol. The van der Waals surface area contributed by atoms with Gasteiger partial charge in [0.15, 0.2) is 8.32 Å². The van der Waals surface area contributed by atoms with Crippen LogP contribution in [0.3, 0.4) is 0 Å². The van der Waals surface area contributed by atoms with Crippen molar-refractivity contribution in [2.45, 2.75) is 82.5 Å². The number of aliphatic hydroxyl groups excluding tert-OH is 1. The number of aliphatic hydroxyl groups is 1. The number of ether oxygens (including phenoxy) is 4. The number of hydrogen-bond donors (Lipinski definition) is 1. The van der Waals surface area contributed by atoms with E-state index in [4.69, 9.17) is 23.4 Å². The van der Waals surface area contributed by atoms with Crippen LogP contribution in [-0.2, 0) is 30.0 Å². The Bertz CT molecular complexity index is 618. The Balaban J connectivity index is 2.35. The molecule has 1 aliphatic heterocycles. The summed E-state index contributed by atoms with van der Waals surface area (Å²) in [5.74, 6) is 0. The average Bonchev–Trinajstić information content (AvgIpc) is 2.68. The van der Waals surface area contributed by atoms with Crippen LogP contribution in [-0.4, -0.2) is 71.4 Å². The highest BCUT2D eigenvalue weighted by Crippen LogP contribution is 2.40. The van der Waals surface area contributed by atoms with E-state index in [0.29, 0.717) is 19.6 Å². The SMILES string of the molecule is COC[C@H]1O[C@@H](CCO)[C@H](OC)[C@@H](OCc2ccccc2)[C@@H]1O[Si](C)(C)C(C)(C)C. The fraction of sp³-hybridized carbons (Fsp3) is 0.739. The van der Waals surface area contributed by atoms with Gasteiger partial charge in [-0.15, -0.1) is 0 Å². The first kappa shape index (κ1) is 25.5. The van der Waals surface area contributed by atoms with Gasteiger partial charge in [0.2, 0.25) is 0 Å². The monoisotopic (exact) mass is 440 g/mol. The smallest absolute Gasteiger partial charge is 0.192 e. The number of methoxy groups -OCH3 is 2. The Morgan fingerprint density at radius 1 is 1.00 bits per heavy atom. The molecule has 1 aromatic carbocycles. The lowest BCUT2D eigenvalue weighted by Crippen LogP contribution is -2.64. The van der Waals surface area contributed by atoms with E-state index in [2.05, 4.69) is 33.9 Å². The maximum absolute atomic E-state index is 9.57. The summed E-state index contributed by atoms with van der Waals surface area (Å²) in [5.41, 5.74) is 1.09. The predicted octanol–water partition coefficient (Wildman–Crippen LogP) is 3.77. The molecule has 2 rings (SSSR count). The van der Waals surface area contributed by atoms with Crippen LogP contribution in [0.25, 0.3) is 0 Å². The van der Waals surface area contributed by atoms with Crippen LogP contribution >= 0.6 is 0 Å². The third-order valence-electron chi connectivity index (χ3n) is 6.27. The minimum absolute atomic E-state index is 0.0173. The first-order chi connectivity index (χ1) is 14.1. The molecule has 0 bridgehead atoms. The Morgan fingerprint density at radius 3 is 2.20 bits per heavy atom. The molecule has 0 aliphatic carbocycles. The molecule has 7 heteroatoms. The molecule has 1 fully saturated rings. The van der Waals surface area contributed by atoms with E-state index < -0.39 is 8.32 Å². The van der Waals surface area contributed by atoms with Gasteiger partial charge in [-0.3, -0.25) is 0 Å². The van der Waals surface area contributed by atoms with E-state index in [1.807, 2.05) is 30.3 Å². The maximum Gasteiger partial charge on any atom is 0.192 e. The Labute approximate surface area is 182 Å². The largest absolute Gasteiger partial charge is 0.408 e. The molecular formula is C23H40O6Si. The second-order valence-corrected chi connectivity index (χ2v) is 14.2. The van der Waals surface area contributed by atoms with Crippen LogP contribution < -0.4 is 0 Å². The number of hydrogen-bond acceptors (Lipinski definition) is 6. The third kappa shape index (κ3) is 6.35. The second kappa shape index (κ2) is 11.2.